The van der Waals surface area contributed by atoms with Crippen molar-refractivity contribution in [1.82, 2.24) is 0 Å². The van der Waals surface area contributed by atoms with Gasteiger partial charge < -0.3 is 32.6 Å². The highest BCUT2D eigenvalue weighted by Gasteiger charge is 2.58. The largest absolute Gasteiger partial charge is 0.500 e. The Morgan fingerprint density at radius 1 is 0.968 bits per heavy atom. The summed E-state index contributed by atoms with van der Waals surface area (Å²) >= 11 is 0. The zero-order chi connectivity index (χ0) is 23.8. The lowest BCUT2D eigenvalue weighted by Gasteiger charge is -2.47. The molecule has 8 nitrogen and oxygen atoms in total. The summed E-state index contributed by atoms with van der Waals surface area (Å²) in [7, 11) is 0.647. The first kappa shape index (κ1) is 30.7. The molecule has 1 heterocycles. The zero-order valence-electron chi connectivity index (χ0n) is 20.9. The highest BCUT2D eigenvalue weighted by Crippen LogP contribution is 2.42. The second-order valence-electron chi connectivity index (χ2n) is 7.62. The molecule has 0 aromatic carbocycles. The molecule has 1 aliphatic rings. The highest BCUT2D eigenvalue weighted by atomic mass is 28.4. The molecule has 1 rings (SSSR count). The summed E-state index contributed by atoms with van der Waals surface area (Å²) in [5.41, 5.74) is 5.10. The van der Waals surface area contributed by atoms with Crippen LogP contribution < -0.4 is 5.73 Å². The molecule has 1 amide bonds. The van der Waals surface area contributed by atoms with Gasteiger partial charge in [0, 0.05) is 53.6 Å². The molecule has 0 radical (unpaired) electrons. The first-order valence-corrected chi connectivity index (χ1v) is 15.6. The third-order valence-electron chi connectivity index (χ3n) is 5.73. The Bertz CT molecular complexity index is 460. The van der Waals surface area contributed by atoms with Crippen LogP contribution in [-0.4, -0.2) is 69.6 Å². The number of carbonyl (C=O) groups is 1. The summed E-state index contributed by atoms with van der Waals surface area (Å²) in [5.74, 6) is -0.299. The molecule has 0 saturated carbocycles. The van der Waals surface area contributed by atoms with Crippen molar-refractivity contribution in [3.8, 4) is 0 Å². The Morgan fingerprint density at radius 2 is 1.52 bits per heavy atom. The standard InChI is InChI=1S/C11H24O3Si.C10H23NO4Si/c1-5-8-11(12-2)9-6-7-10-15(11,13-3)14-4;1-4-13-16(14-5-2,15-6-3)9-7-8-10(11)12/h5-10H2,1-4H3;4-9H2,1-3H3,(H2,11,12). The van der Waals surface area contributed by atoms with Crippen LogP contribution in [0, 0.1) is 0 Å². The minimum atomic E-state index is -2.57. The van der Waals surface area contributed by atoms with Crippen molar-refractivity contribution in [2.24, 2.45) is 5.73 Å². The van der Waals surface area contributed by atoms with Crippen LogP contribution in [0.15, 0.2) is 0 Å². The van der Waals surface area contributed by atoms with Crippen molar-refractivity contribution in [2.75, 3.05) is 41.2 Å². The molecule has 31 heavy (non-hydrogen) atoms. The van der Waals surface area contributed by atoms with Crippen molar-refractivity contribution < 1.29 is 31.7 Å². The van der Waals surface area contributed by atoms with E-state index in [1.807, 2.05) is 20.8 Å². The van der Waals surface area contributed by atoms with Gasteiger partial charge in [-0.05, 0) is 46.1 Å². The van der Waals surface area contributed by atoms with Crippen LogP contribution in [-0.2, 0) is 31.7 Å². The van der Waals surface area contributed by atoms with Crippen LogP contribution >= 0.6 is 0 Å². The van der Waals surface area contributed by atoms with E-state index in [0.717, 1.165) is 25.3 Å². The quantitative estimate of drug-likeness (QED) is 0.354. The summed E-state index contributed by atoms with van der Waals surface area (Å²) in [6, 6.07) is 1.71. The molecule has 1 saturated heterocycles. The molecule has 10 heteroatoms. The number of nitrogens with two attached hydrogens (primary N) is 1. The van der Waals surface area contributed by atoms with Gasteiger partial charge in [-0.1, -0.05) is 26.2 Å². The molecule has 0 aromatic heterocycles. The lowest BCUT2D eigenvalue weighted by Crippen LogP contribution is -2.64. The molecule has 0 bridgehead atoms. The number of hydrogen-bond acceptors (Lipinski definition) is 7. The van der Waals surface area contributed by atoms with Gasteiger partial charge in [0.05, 0.1) is 0 Å². The second kappa shape index (κ2) is 16.3. The fourth-order valence-electron chi connectivity index (χ4n) is 4.41. The predicted molar refractivity (Wildman–Crippen MR) is 127 cm³/mol. The van der Waals surface area contributed by atoms with E-state index in [-0.39, 0.29) is 11.1 Å². The van der Waals surface area contributed by atoms with Gasteiger partial charge in [-0.25, -0.2) is 0 Å². The van der Waals surface area contributed by atoms with Gasteiger partial charge in [0.25, 0.3) is 0 Å². The van der Waals surface area contributed by atoms with E-state index in [1.54, 1.807) is 21.3 Å². The van der Waals surface area contributed by atoms with E-state index in [2.05, 4.69) is 6.92 Å². The molecule has 1 aliphatic heterocycles. The number of carbonyl (C=O) groups excluding carboxylic acids is 1. The average Bonchev–Trinajstić information content (AvgIpc) is 2.75. The highest BCUT2D eigenvalue weighted by molar-refractivity contribution is 6.70. The van der Waals surface area contributed by atoms with Gasteiger partial charge in [-0.2, -0.15) is 0 Å². The Morgan fingerprint density at radius 3 is 1.90 bits per heavy atom. The Labute approximate surface area is 192 Å². The first-order valence-electron chi connectivity index (χ1n) is 11.7. The van der Waals surface area contributed by atoms with Crippen LogP contribution in [0.3, 0.4) is 0 Å². The maximum absolute atomic E-state index is 10.7. The summed E-state index contributed by atoms with van der Waals surface area (Å²) < 4.78 is 34.3. The average molecular weight is 482 g/mol. The molecule has 1 atom stereocenters. The smallest absolute Gasteiger partial charge is 0.396 e. The van der Waals surface area contributed by atoms with Crippen molar-refractivity contribution in [3.05, 3.63) is 0 Å². The summed E-state index contributed by atoms with van der Waals surface area (Å²) in [4.78, 5) is 10.7. The van der Waals surface area contributed by atoms with Crippen LogP contribution in [0.25, 0.3) is 0 Å². The maximum atomic E-state index is 10.7. The fraction of sp³-hybridized carbons (Fsp3) is 0.952. The van der Waals surface area contributed by atoms with Crippen molar-refractivity contribution >= 4 is 23.3 Å². The molecule has 1 fully saturated rings. The molecule has 2 N–H and O–H groups in total. The molecule has 1 unspecified atom stereocenters. The summed E-state index contributed by atoms with van der Waals surface area (Å²) in [6.07, 6.45) is 6.71. The van der Waals surface area contributed by atoms with Gasteiger partial charge in [-0.3, -0.25) is 4.79 Å². The number of primary amides is 1. The number of amides is 1. The van der Waals surface area contributed by atoms with Crippen LogP contribution in [0.2, 0.25) is 12.1 Å². The van der Waals surface area contributed by atoms with Gasteiger partial charge in [0.1, 0.15) is 5.22 Å². The summed E-state index contributed by atoms with van der Waals surface area (Å²) in [5, 5.41) is -0.122. The number of rotatable bonds is 15. The zero-order valence-corrected chi connectivity index (χ0v) is 22.9. The predicted octanol–water partition coefficient (Wildman–Crippen LogP) is 3.93. The Balaban J connectivity index is 0.000000581. The number of hydrogen-bond donors (Lipinski definition) is 1. The SMILES string of the molecule is CCCC1(OC)CCCC[Si]1(OC)OC.CCO[Si](CCCC(N)=O)(OCC)OCC. The third kappa shape index (κ3) is 9.20. The van der Waals surface area contributed by atoms with E-state index < -0.39 is 17.4 Å². The monoisotopic (exact) mass is 481 g/mol. The van der Waals surface area contributed by atoms with E-state index in [0.29, 0.717) is 38.7 Å². The van der Waals surface area contributed by atoms with Crippen molar-refractivity contribution in [1.29, 1.82) is 0 Å². The molecule has 186 valence electrons. The van der Waals surface area contributed by atoms with Crippen LogP contribution in [0.5, 0.6) is 0 Å². The van der Waals surface area contributed by atoms with Gasteiger partial charge in [0.15, 0.2) is 0 Å². The number of ether oxygens (including phenoxy) is 1. The first-order chi connectivity index (χ1) is 14.8. The minimum absolute atomic E-state index is 0.122. The Hall–Kier alpha value is -0.336. The van der Waals surface area contributed by atoms with E-state index >= 15 is 0 Å². The van der Waals surface area contributed by atoms with E-state index in [1.165, 1.54) is 12.8 Å². The van der Waals surface area contributed by atoms with E-state index in [4.69, 9.17) is 32.6 Å². The van der Waals surface area contributed by atoms with Crippen molar-refractivity contribution in [3.63, 3.8) is 0 Å². The molecular weight excluding hydrogens is 434 g/mol. The van der Waals surface area contributed by atoms with Crippen LogP contribution in [0.1, 0.15) is 72.6 Å². The second-order valence-corrected chi connectivity index (χ2v) is 14.1. The normalized spacial score (nSPS) is 20.7. The number of methoxy groups -OCH3 is 1. The molecule has 0 aliphatic carbocycles. The molecule has 0 aromatic rings. The lowest BCUT2D eigenvalue weighted by atomic mass is 10.1. The van der Waals surface area contributed by atoms with Gasteiger partial charge >= 0.3 is 17.4 Å². The van der Waals surface area contributed by atoms with Crippen molar-refractivity contribution in [2.45, 2.75) is 90.0 Å². The molecule has 0 spiro atoms. The topological polar surface area (TPSA) is 98.5 Å². The van der Waals surface area contributed by atoms with Crippen LogP contribution in [0.4, 0.5) is 0 Å². The maximum Gasteiger partial charge on any atom is 0.500 e. The fourth-order valence-corrected chi connectivity index (χ4v) is 11.0. The Kier molecular flexibility index (Phi) is 16.1. The van der Waals surface area contributed by atoms with E-state index in [9.17, 15) is 4.79 Å². The van der Waals surface area contributed by atoms with Gasteiger partial charge in [-0.15, -0.1) is 0 Å². The third-order valence-corrected chi connectivity index (χ3v) is 13.3. The lowest BCUT2D eigenvalue weighted by molar-refractivity contribution is -0.118. The molecular formula is C21H47NO7Si2. The summed E-state index contributed by atoms with van der Waals surface area (Å²) in [6.45, 7) is 9.60. The van der Waals surface area contributed by atoms with Gasteiger partial charge in [0.2, 0.25) is 5.91 Å². The minimum Gasteiger partial charge on any atom is -0.396 e.